The van der Waals surface area contributed by atoms with E-state index in [0.29, 0.717) is 12.5 Å². The molecule has 188 valence electrons. The van der Waals surface area contributed by atoms with Crippen molar-refractivity contribution in [2.24, 2.45) is 0 Å². The van der Waals surface area contributed by atoms with Crippen LogP contribution >= 0.6 is 0 Å². The van der Waals surface area contributed by atoms with Gasteiger partial charge < -0.3 is 20.4 Å². The molecule has 0 radical (unpaired) electrons. The first-order valence-electron chi connectivity index (χ1n) is 11.8. The zero-order chi connectivity index (χ0) is 24.9. The van der Waals surface area contributed by atoms with E-state index in [9.17, 15) is 13.6 Å². The van der Waals surface area contributed by atoms with Crippen LogP contribution in [0.4, 0.5) is 8.78 Å². The highest BCUT2D eigenvalue weighted by Crippen LogP contribution is 2.23. The highest BCUT2D eigenvalue weighted by molar-refractivity contribution is 5.91. The third-order valence-electron chi connectivity index (χ3n) is 6.19. The standard InChI is InChI=1S/C24H26F2N8O2/c25-14-36-19-4-5-20(26)16(8-19)12-28-24(35)22-13-34(33-31-22)6-2-1-3-18-7-15-9-21(17-10-27-11-17)29-23(15)32-30-18/h4-5,7-9,13,17,27H,1-3,6,10-12,14H2,(H,28,35)(H,29,32). The minimum atomic E-state index is -1.02. The number of fused-ring (bicyclic) bond motifs is 1. The Labute approximate surface area is 205 Å². The number of aromatic nitrogens is 6. The minimum absolute atomic E-state index is 0.0907. The molecule has 1 amide bonds. The Morgan fingerprint density at radius 3 is 2.86 bits per heavy atom. The van der Waals surface area contributed by atoms with Crippen LogP contribution in [0.15, 0.2) is 36.5 Å². The van der Waals surface area contributed by atoms with Crippen LogP contribution in [-0.2, 0) is 19.5 Å². The number of hydrogen-bond acceptors (Lipinski definition) is 7. The summed E-state index contributed by atoms with van der Waals surface area (Å²) in [7, 11) is 0. The van der Waals surface area contributed by atoms with Crippen LogP contribution in [0.5, 0.6) is 5.75 Å². The average molecular weight is 497 g/mol. The van der Waals surface area contributed by atoms with Gasteiger partial charge in [0, 0.05) is 48.7 Å². The summed E-state index contributed by atoms with van der Waals surface area (Å²) in [6, 6.07) is 8.06. The molecule has 5 rings (SSSR count). The van der Waals surface area contributed by atoms with Crippen LogP contribution in [0, 0.1) is 5.82 Å². The third kappa shape index (κ3) is 5.48. The number of benzene rings is 1. The lowest BCUT2D eigenvalue weighted by molar-refractivity contribution is 0.0945. The van der Waals surface area contributed by atoms with Gasteiger partial charge in [-0.2, -0.15) is 5.10 Å². The van der Waals surface area contributed by atoms with Crippen LogP contribution in [0.25, 0.3) is 11.0 Å². The van der Waals surface area contributed by atoms with Crippen molar-refractivity contribution in [2.75, 3.05) is 20.0 Å². The molecule has 0 unspecified atom stereocenters. The number of nitrogens with zero attached hydrogens (tertiary/aromatic N) is 5. The van der Waals surface area contributed by atoms with Crippen LogP contribution in [-0.4, -0.2) is 56.0 Å². The number of ether oxygens (including phenoxy) is 1. The Kier molecular flexibility index (Phi) is 7.12. The molecule has 4 heterocycles. The lowest BCUT2D eigenvalue weighted by Crippen LogP contribution is -2.40. The van der Waals surface area contributed by atoms with Crippen LogP contribution < -0.4 is 15.4 Å². The number of alkyl halides is 1. The first kappa shape index (κ1) is 23.8. The maximum atomic E-state index is 13.9. The van der Waals surface area contributed by atoms with Crippen molar-refractivity contribution in [1.82, 2.24) is 40.8 Å². The predicted molar refractivity (Wildman–Crippen MR) is 127 cm³/mol. The van der Waals surface area contributed by atoms with E-state index in [1.165, 1.54) is 17.8 Å². The van der Waals surface area contributed by atoms with Gasteiger partial charge in [0.25, 0.3) is 5.91 Å². The van der Waals surface area contributed by atoms with Gasteiger partial charge in [0.2, 0.25) is 6.86 Å². The van der Waals surface area contributed by atoms with Gasteiger partial charge in [-0.1, -0.05) is 5.21 Å². The van der Waals surface area contributed by atoms with E-state index < -0.39 is 18.6 Å². The topological polar surface area (TPSA) is 123 Å². The molecule has 0 atom stereocenters. The van der Waals surface area contributed by atoms with Crippen LogP contribution in [0.3, 0.4) is 0 Å². The Hall–Kier alpha value is -3.93. The van der Waals surface area contributed by atoms with Gasteiger partial charge in [-0.3, -0.25) is 9.48 Å². The summed E-state index contributed by atoms with van der Waals surface area (Å²) in [4.78, 5) is 15.7. The second kappa shape index (κ2) is 10.8. The van der Waals surface area contributed by atoms with Crippen molar-refractivity contribution in [2.45, 2.75) is 38.3 Å². The second-order valence-electron chi connectivity index (χ2n) is 8.73. The van der Waals surface area contributed by atoms with Crippen molar-refractivity contribution in [3.8, 4) is 5.75 Å². The summed E-state index contributed by atoms with van der Waals surface area (Å²) in [5.41, 5.74) is 3.27. The number of amides is 1. The molecule has 36 heavy (non-hydrogen) atoms. The number of H-pyrrole nitrogens is 1. The summed E-state index contributed by atoms with van der Waals surface area (Å²) >= 11 is 0. The summed E-state index contributed by atoms with van der Waals surface area (Å²) < 4.78 is 32.6. The van der Waals surface area contributed by atoms with Gasteiger partial charge in [0.1, 0.15) is 11.6 Å². The number of halogens is 2. The second-order valence-corrected chi connectivity index (χ2v) is 8.73. The summed E-state index contributed by atoms with van der Waals surface area (Å²) in [5, 5.41) is 23.5. The number of aryl methyl sites for hydroxylation is 2. The Balaban J connectivity index is 1.08. The lowest BCUT2D eigenvalue weighted by Gasteiger charge is -2.25. The quantitative estimate of drug-likeness (QED) is 0.273. The minimum Gasteiger partial charge on any atom is -0.463 e. The first-order chi connectivity index (χ1) is 17.6. The molecule has 1 aliphatic rings. The van der Waals surface area contributed by atoms with Crippen molar-refractivity contribution in [3.05, 3.63) is 65.0 Å². The van der Waals surface area contributed by atoms with E-state index in [4.69, 9.17) is 4.74 Å². The molecule has 4 aromatic rings. The van der Waals surface area contributed by atoms with Gasteiger partial charge in [0.05, 0.1) is 11.9 Å². The molecule has 1 fully saturated rings. The SMILES string of the molecule is O=C(NCc1cc(OCF)ccc1F)c1cn(CCCCc2cc3cc(C4CNC4)[nH]c3nn2)nn1. The number of carbonyl (C=O) groups is 1. The Bertz CT molecular complexity index is 1350. The van der Waals surface area contributed by atoms with E-state index in [1.807, 2.05) is 0 Å². The van der Waals surface area contributed by atoms with Crippen molar-refractivity contribution in [3.63, 3.8) is 0 Å². The van der Waals surface area contributed by atoms with E-state index >= 15 is 0 Å². The summed E-state index contributed by atoms with van der Waals surface area (Å²) in [6.45, 7) is 1.46. The molecule has 1 aromatic carbocycles. The van der Waals surface area contributed by atoms with E-state index in [-0.39, 0.29) is 23.6 Å². The first-order valence-corrected chi connectivity index (χ1v) is 11.8. The molecule has 3 aromatic heterocycles. The lowest BCUT2D eigenvalue weighted by atomic mass is 9.99. The molecule has 3 N–H and O–H groups in total. The predicted octanol–water partition coefficient (Wildman–Crippen LogP) is 2.63. The molecule has 1 saturated heterocycles. The van der Waals surface area contributed by atoms with Crippen molar-refractivity contribution >= 4 is 16.9 Å². The fourth-order valence-electron chi connectivity index (χ4n) is 4.04. The van der Waals surface area contributed by atoms with E-state index in [1.54, 1.807) is 10.9 Å². The van der Waals surface area contributed by atoms with Crippen LogP contribution in [0.2, 0.25) is 0 Å². The number of carbonyl (C=O) groups excluding carboxylic acids is 1. The third-order valence-corrected chi connectivity index (χ3v) is 6.19. The van der Waals surface area contributed by atoms with Gasteiger partial charge in [-0.05, 0) is 49.6 Å². The smallest absolute Gasteiger partial charge is 0.273 e. The van der Waals surface area contributed by atoms with Crippen molar-refractivity contribution < 1.29 is 18.3 Å². The number of unbranched alkanes of at least 4 members (excludes halogenated alkanes) is 1. The zero-order valence-electron chi connectivity index (χ0n) is 19.5. The molecule has 0 saturated carbocycles. The number of rotatable bonds is 11. The van der Waals surface area contributed by atoms with E-state index in [0.717, 1.165) is 55.1 Å². The van der Waals surface area contributed by atoms with Gasteiger partial charge in [-0.25, -0.2) is 8.78 Å². The highest BCUT2D eigenvalue weighted by atomic mass is 19.1. The van der Waals surface area contributed by atoms with Crippen LogP contribution in [0.1, 0.15) is 46.2 Å². The normalized spacial score (nSPS) is 13.6. The largest absolute Gasteiger partial charge is 0.463 e. The van der Waals surface area contributed by atoms with Gasteiger partial charge >= 0.3 is 0 Å². The molecular weight excluding hydrogens is 470 g/mol. The molecule has 0 spiro atoms. The average Bonchev–Trinajstić information content (AvgIpc) is 3.48. The van der Waals surface area contributed by atoms with Gasteiger partial charge in [0.15, 0.2) is 11.3 Å². The van der Waals surface area contributed by atoms with E-state index in [2.05, 4.69) is 48.3 Å². The zero-order valence-corrected chi connectivity index (χ0v) is 19.5. The Morgan fingerprint density at radius 1 is 1.17 bits per heavy atom. The molecule has 12 heteroatoms. The fraction of sp³-hybridized carbons (Fsp3) is 0.375. The summed E-state index contributed by atoms with van der Waals surface area (Å²) in [6.07, 6.45) is 4.04. The molecule has 0 aliphatic carbocycles. The molecule has 1 aliphatic heterocycles. The summed E-state index contributed by atoms with van der Waals surface area (Å²) in [5.74, 6) is -0.304. The van der Waals surface area contributed by atoms with Crippen molar-refractivity contribution in [1.29, 1.82) is 0 Å². The molecular formula is C24H26F2N8O2. The fourth-order valence-corrected chi connectivity index (χ4v) is 4.04. The molecule has 0 bridgehead atoms. The number of hydrogen-bond donors (Lipinski definition) is 3. The van der Waals surface area contributed by atoms with Gasteiger partial charge in [-0.15, -0.1) is 10.2 Å². The monoisotopic (exact) mass is 496 g/mol. The maximum Gasteiger partial charge on any atom is 0.273 e. The highest BCUT2D eigenvalue weighted by Gasteiger charge is 2.21. The Morgan fingerprint density at radius 2 is 2.06 bits per heavy atom. The maximum absolute atomic E-state index is 13.9. The number of aromatic amines is 1. The molecule has 10 nitrogen and oxygen atoms in total. The number of nitrogens with one attached hydrogen (secondary N) is 3.